The highest BCUT2D eigenvalue weighted by atomic mass is 16.6. The van der Waals surface area contributed by atoms with Crippen LogP contribution in [0.2, 0.25) is 0 Å². The van der Waals surface area contributed by atoms with E-state index < -0.39 is 18.2 Å². The van der Waals surface area contributed by atoms with E-state index in [1.54, 1.807) is 24.5 Å². The molecule has 0 aromatic rings. The minimum absolute atomic E-state index is 0.137. The van der Waals surface area contributed by atoms with Gasteiger partial charge in [0.2, 0.25) is 0 Å². The molecule has 3 N–H and O–H groups in total. The molecule has 1 rings (SSSR count). The molecule has 1 aliphatic heterocycles. The lowest BCUT2D eigenvalue weighted by atomic mass is 10.4. The number of urea groups is 1. The Bertz CT molecular complexity index is 262. The van der Waals surface area contributed by atoms with Gasteiger partial charge >= 0.3 is 18.2 Å². The highest BCUT2D eigenvalue weighted by Crippen LogP contribution is 1.90. The van der Waals surface area contributed by atoms with Gasteiger partial charge in [0.1, 0.15) is 0 Å². The zero-order chi connectivity index (χ0) is 14.5. The first-order chi connectivity index (χ1) is 9.10. The molecule has 0 aromatic heterocycles. The number of carbonyl (C=O) groups is 3. The molecule has 19 heavy (non-hydrogen) atoms. The van der Waals surface area contributed by atoms with Crippen LogP contribution in [-0.2, 0) is 9.47 Å². The number of amides is 4. The number of ether oxygens (including phenoxy) is 2. The standard InChI is InChI=1S/C7H12N2O5.C4H9N/c1-3-13-6(11)8-5(10)9-7(12)14-4-2;1-2-4-5-3-1/h3-4H2,1-2H3,(H2,8,9,10,11,12);5H,1-4H2. The summed E-state index contributed by atoms with van der Waals surface area (Å²) in [5, 5.41) is 6.74. The fourth-order valence-corrected chi connectivity index (χ4v) is 1.18. The lowest BCUT2D eigenvalue weighted by molar-refractivity contribution is 0.146. The molecule has 1 saturated heterocycles. The third-order valence-electron chi connectivity index (χ3n) is 1.94. The first-order valence-electron chi connectivity index (χ1n) is 6.22. The third-order valence-corrected chi connectivity index (χ3v) is 1.94. The average molecular weight is 275 g/mol. The molecule has 4 amide bonds. The van der Waals surface area contributed by atoms with Gasteiger partial charge < -0.3 is 14.8 Å². The van der Waals surface area contributed by atoms with Crippen LogP contribution in [0, 0.1) is 0 Å². The summed E-state index contributed by atoms with van der Waals surface area (Å²) in [7, 11) is 0. The highest BCUT2D eigenvalue weighted by molar-refractivity contribution is 5.98. The molecule has 1 fully saturated rings. The Kier molecular flexibility index (Phi) is 10.2. The predicted octanol–water partition coefficient (Wildman–Crippen LogP) is 0.968. The number of hydrogen-bond acceptors (Lipinski definition) is 6. The average Bonchev–Trinajstić information content (AvgIpc) is 2.87. The molecule has 1 heterocycles. The number of carbonyl (C=O) groups excluding carboxylic acids is 3. The second-order valence-corrected chi connectivity index (χ2v) is 3.48. The number of alkyl carbamates (subject to hydrolysis) is 2. The quantitative estimate of drug-likeness (QED) is 0.693. The summed E-state index contributed by atoms with van der Waals surface area (Å²) in [5.41, 5.74) is 0. The van der Waals surface area contributed by atoms with Crippen molar-refractivity contribution >= 4 is 18.2 Å². The summed E-state index contributed by atoms with van der Waals surface area (Å²) in [6.07, 6.45) is 0.934. The molecule has 0 saturated carbocycles. The largest absolute Gasteiger partial charge is 0.450 e. The van der Waals surface area contributed by atoms with Gasteiger partial charge in [0.05, 0.1) is 13.2 Å². The Morgan fingerprint density at radius 3 is 1.63 bits per heavy atom. The second-order valence-electron chi connectivity index (χ2n) is 3.48. The minimum Gasteiger partial charge on any atom is -0.450 e. The number of rotatable bonds is 2. The summed E-state index contributed by atoms with van der Waals surface area (Å²) in [6, 6.07) is -0.984. The maximum atomic E-state index is 10.8. The summed E-state index contributed by atoms with van der Waals surface area (Å²) >= 11 is 0. The van der Waals surface area contributed by atoms with E-state index in [0.29, 0.717) is 0 Å². The van der Waals surface area contributed by atoms with Crippen LogP contribution in [0.15, 0.2) is 0 Å². The van der Waals surface area contributed by atoms with Gasteiger partial charge in [-0.15, -0.1) is 0 Å². The van der Waals surface area contributed by atoms with Crippen molar-refractivity contribution in [1.82, 2.24) is 16.0 Å². The van der Waals surface area contributed by atoms with E-state index in [4.69, 9.17) is 0 Å². The molecule has 8 nitrogen and oxygen atoms in total. The summed E-state index contributed by atoms with van der Waals surface area (Å²) in [5.74, 6) is 0. The summed E-state index contributed by atoms with van der Waals surface area (Å²) in [4.78, 5) is 32.1. The van der Waals surface area contributed by atoms with Crippen LogP contribution in [-0.4, -0.2) is 44.5 Å². The molecular formula is C11H21N3O5. The van der Waals surface area contributed by atoms with Crippen molar-refractivity contribution < 1.29 is 23.9 Å². The van der Waals surface area contributed by atoms with Crippen LogP contribution in [0.1, 0.15) is 26.7 Å². The zero-order valence-electron chi connectivity index (χ0n) is 11.3. The van der Waals surface area contributed by atoms with Gasteiger partial charge in [0.15, 0.2) is 0 Å². The zero-order valence-corrected chi connectivity index (χ0v) is 11.3. The smallest absolute Gasteiger partial charge is 0.415 e. The lowest BCUT2D eigenvalue weighted by Crippen LogP contribution is -2.42. The van der Waals surface area contributed by atoms with Crippen LogP contribution in [0.3, 0.4) is 0 Å². The first-order valence-corrected chi connectivity index (χ1v) is 6.22. The number of imide groups is 2. The Hall–Kier alpha value is -1.83. The molecule has 0 radical (unpaired) electrons. The molecule has 0 unspecified atom stereocenters. The van der Waals surface area contributed by atoms with Crippen LogP contribution in [0.5, 0.6) is 0 Å². The Morgan fingerprint density at radius 2 is 1.37 bits per heavy atom. The number of nitrogens with one attached hydrogen (secondary N) is 3. The molecule has 0 aliphatic carbocycles. The van der Waals surface area contributed by atoms with Crippen molar-refractivity contribution in [2.75, 3.05) is 26.3 Å². The van der Waals surface area contributed by atoms with Crippen molar-refractivity contribution in [3.63, 3.8) is 0 Å². The van der Waals surface area contributed by atoms with E-state index in [-0.39, 0.29) is 13.2 Å². The van der Waals surface area contributed by atoms with E-state index in [1.807, 2.05) is 0 Å². The van der Waals surface area contributed by atoms with Crippen LogP contribution in [0.4, 0.5) is 14.4 Å². The van der Waals surface area contributed by atoms with E-state index in [0.717, 1.165) is 0 Å². The normalized spacial score (nSPS) is 12.7. The molecule has 0 bridgehead atoms. The molecule has 8 heteroatoms. The Balaban J connectivity index is 0.000000532. The maximum absolute atomic E-state index is 10.8. The molecule has 0 aromatic carbocycles. The van der Waals surface area contributed by atoms with E-state index >= 15 is 0 Å². The molecular weight excluding hydrogens is 254 g/mol. The van der Waals surface area contributed by atoms with Gasteiger partial charge in [0.25, 0.3) is 0 Å². The number of hydrogen-bond donors (Lipinski definition) is 3. The van der Waals surface area contributed by atoms with E-state index in [2.05, 4.69) is 14.8 Å². The van der Waals surface area contributed by atoms with Gasteiger partial charge in [-0.05, 0) is 39.8 Å². The van der Waals surface area contributed by atoms with E-state index in [1.165, 1.54) is 25.9 Å². The maximum Gasteiger partial charge on any atom is 0.415 e. The summed E-state index contributed by atoms with van der Waals surface area (Å²) in [6.45, 7) is 5.95. The third kappa shape index (κ3) is 11.0. The van der Waals surface area contributed by atoms with Gasteiger partial charge in [0, 0.05) is 0 Å². The molecule has 1 aliphatic rings. The van der Waals surface area contributed by atoms with Crippen LogP contribution in [0.25, 0.3) is 0 Å². The van der Waals surface area contributed by atoms with E-state index in [9.17, 15) is 14.4 Å². The highest BCUT2D eigenvalue weighted by Gasteiger charge is 2.11. The van der Waals surface area contributed by atoms with Gasteiger partial charge in [-0.25, -0.2) is 25.0 Å². The molecule has 0 atom stereocenters. The fraction of sp³-hybridized carbons (Fsp3) is 0.727. The first kappa shape index (κ1) is 17.2. The Labute approximate surface area is 112 Å². The Morgan fingerprint density at radius 1 is 0.947 bits per heavy atom. The predicted molar refractivity (Wildman–Crippen MR) is 67.8 cm³/mol. The van der Waals surface area contributed by atoms with Crippen molar-refractivity contribution in [2.45, 2.75) is 26.7 Å². The van der Waals surface area contributed by atoms with Crippen molar-refractivity contribution in [3.05, 3.63) is 0 Å². The fourth-order valence-electron chi connectivity index (χ4n) is 1.18. The SMILES string of the molecule is C1CCNC1.CCOC(=O)NC(=O)NC(=O)OCC. The van der Waals surface area contributed by atoms with Crippen molar-refractivity contribution in [2.24, 2.45) is 0 Å². The van der Waals surface area contributed by atoms with Crippen molar-refractivity contribution in [1.29, 1.82) is 0 Å². The monoisotopic (exact) mass is 275 g/mol. The van der Waals surface area contributed by atoms with Gasteiger partial charge in [-0.2, -0.15) is 0 Å². The summed E-state index contributed by atoms with van der Waals surface area (Å²) < 4.78 is 8.78. The topological polar surface area (TPSA) is 106 Å². The van der Waals surface area contributed by atoms with Crippen LogP contribution >= 0.6 is 0 Å². The second kappa shape index (κ2) is 11.3. The van der Waals surface area contributed by atoms with Crippen molar-refractivity contribution in [3.8, 4) is 0 Å². The van der Waals surface area contributed by atoms with Gasteiger partial charge in [-0.3, -0.25) is 0 Å². The molecule has 0 spiro atoms. The minimum atomic E-state index is -0.984. The van der Waals surface area contributed by atoms with Crippen LogP contribution < -0.4 is 16.0 Å². The lowest BCUT2D eigenvalue weighted by Gasteiger charge is -2.04. The molecule has 110 valence electrons. The van der Waals surface area contributed by atoms with Gasteiger partial charge in [-0.1, -0.05) is 0 Å².